The number of nitrogens with one attached hydrogen (secondary N) is 1. The first kappa shape index (κ1) is 13.2. The minimum absolute atomic E-state index is 0.827. The van der Waals surface area contributed by atoms with Crippen molar-refractivity contribution in [1.82, 2.24) is 4.90 Å². The number of hydrogen-bond acceptors (Lipinski definition) is 2. The first-order valence-corrected chi connectivity index (χ1v) is 6.36. The average Bonchev–Trinajstić information content (AvgIpc) is 2.26. The van der Waals surface area contributed by atoms with Gasteiger partial charge in [-0.1, -0.05) is 31.6 Å². The van der Waals surface area contributed by atoms with Crippen molar-refractivity contribution in [2.24, 2.45) is 0 Å². The molecule has 0 heterocycles. The van der Waals surface area contributed by atoms with E-state index >= 15 is 0 Å². The SMILES string of the molecule is CCCCN(C)C/C1=C/C=CCCCC1=N. The molecule has 0 aromatic carbocycles. The van der Waals surface area contributed by atoms with Gasteiger partial charge in [0.1, 0.15) is 0 Å². The summed E-state index contributed by atoms with van der Waals surface area (Å²) in [4.78, 5) is 2.32. The van der Waals surface area contributed by atoms with Gasteiger partial charge in [-0.25, -0.2) is 0 Å². The summed E-state index contributed by atoms with van der Waals surface area (Å²) in [6.45, 7) is 4.27. The Bertz CT molecular complexity index is 276. The van der Waals surface area contributed by atoms with Crippen LogP contribution in [0, 0.1) is 5.41 Å². The van der Waals surface area contributed by atoms with E-state index in [2.05, 4.69) is 37.1 Å². The lowest BCUT2D eigenvalue weighted by molar-refractivity contribution is 0.358. The molecule has 0 saturated carbocycles. The molecule has 0 aliphatic heterocycles. The Labute approximate surface area is 99.5 Å². The second kappa shape index (κ2) is 7.39. The summed E-state index contributed by atoms with van der Waals surface area (Å²) in [5.74, 6) is 0. The van der Waals surface area contributed by atoms with E-state index in [0.29, 0.717) is 0 Å². The lowest BCUT2D eigenvalue weighted by Crippen LogP contribution is -2.25. The molecule has 0 bridgehead atoms. The zero-order chi connectivity index (χ0) is 11.8. The van der Waals surface area contributed by atoms with Crippen LogP contribution in [0.3, 0.4) is 0 Å². The summed E-state index contributed by atoms with van der Waals surface area (Å²) >= 11 is 0. The predicted octanol–water partition coefficient (Wildman–Crippen LogP) is 3.40. The maximum Gasteiger partial charge on any atom is 0.0359 e. The van der Waals surface area contributed by atoms with Crippen molar-refractivity contribution in [2.75, 3.05) is 20.1 Å². The van der Waals surface area contributed by atoms with Crippen LogP contribution in [0.15, 0.2) is 23.8 Å². The molecule has 2 heteroatoms. The fraction of sp³-hybridized carbons (Fsp3) is 0.643. The average molecular weight is 220 g/mol. The van der Waals surface area contributed by atoms with Gasteiger partial charge in [-0.3, -0.25) is 0 Å². The van der Waals surface area contributed by atoms with E-state index in [1.54, 1.807) is 0 Å². The van der Waals surface area contributed by atoms with Gasteiger partial charge in [0, 0.05) is 12.3 Å². The van der Waals surface area contributed by atoms with E-state index in [9.17, 15) is 0 Å². The van der Waals surface area contributed by atoms with E-state index in [0.717, 1.165) is 38.1 Å². The van der Waals surface area contributed by atoms with Crippen LogP contribution >= 0.6 is 0 Å². The van der Waals surface area contributed by atoms with Gasteiger partial charge in [0.05, 0.1) is 0 Å². The summed E-state index contributed by atoms with van der Waals surface area (Å²) in [5, 5.41) is 8.02. The molecule has 1 N–H and O–H groups in total. The smallest absolute Gasteiger partial charge is 0.0359 e. The maximum atomic E-state index is 8.02. The lowest BCUT2D eigenvalue weighted by Gasteiger charge is -2.19. The standard InChI is InChI=1S/C14H24N2/c1-3-4-11-16(2)12-13-9-7-5-6-8-10-14(13)15/h5,7,9,15H,3-4,6,8,10-12H2,1-2H3/b7-5?,13-9-,15-14?. The Morgan fingerprint density at radius 3 is 3.00 bits per heavy atom. The first-order valence-electron chi connectivity index (χ1n) is 6.36. The number of likely N-dealkylation sites (N-methyl/N-ethyl adjacent to an activating group) is 1. The molecular formula is C14H24N2. The number of unbranched alkanes of at least 4 members (excludes halogenated alkanes) is 1. The fourth-order valence-electron chi connectivity index (χ4n) is 1.88. The third-order valence-corrected chi connectivity index (χ3v) is 2.95. The van der Waals surface area contributed by atoms with Crippen LogP contribution in [0.25, 0.3) is 0 Å². The largest absolute Gasteiger partial charge is 0.305 e. The molecule has 16 heavy (non-hydrogen) atoms. The highest BCUT2D eigenvalue weighted by Gasteiger charge is 2.08. The molecule has 0 saturated heterocycles. The number of allylic oxidation sites excluding steroid dienone is 3. The van der Waals surface area contributed by atoms with Crippen molar-refractivity contribution in [1.29, 1.82) is 5.41 Å². The van der Waals surface area contributed by atoms with Gasteiger partial charge in [0.25, 0.3) is 0 Å². The van der Waals surface area contributed by atoms with E-state index < -0.39 is 0 Å². The molecule has 90 valence electrons. The van der Waals surface area contributed by atoms with Gasteiger partial charge < -0.3 is 10.3 Å². The molecule has 1 aliphatic carbocycles. The molecule has 0 unspecified atom stereocenters. The molecule has 1 rings (SSSR count). The zero-order valence-corrected chi connectivity index (χ0v) is 10.6. The highest BCUT2D eigenvalue weighted by atomic mass is 15.1. The molecule has 0 fully saturated rings. The minimum Gasteiger partial charge on any atom is -0.305 e. The van der Waals surface area contributed by atoms with Crippen LogP contribution in [0.5, 0.6) is 0 Å². The van der Waals surface area contributed by atoms with E-state index in [1.807, 2.05) is 0 Å². The van der Waals surface area contributed by atoms with Crippen molar-refractivity contribution < 1.29 is 0 Å². The Hall–Kier alpha value is -0.890. The zero-order valence-electron chi connectivity index (χ0n) is 10.6. The van der Waals surface area contributed by atoms with Gasteiger partial charge in [0.15, 0.2) is 0 Å². The first-order chi connectivity index (χ1) is 7.74. The molecule has 0 spiro atoms. The molecule has 0 aromatic rings. The van der Waals surface area contributed by atoms with Crippen LogP contribution < -0.4 is 0 Å². The Balaban J connectivity index is 2.51. The molecular weight excluding hydrogens is 196 g/mol. The highest BCUT2D eigenvalue weighted by Crippen LogP contribution is 2.11. The van der Waals surface area contributed by atoms with Gasteiger partial charge in [-0.05, 0) is 44.8 Å². The Kier molecular flexibility index (Phi) is 6.09. The van der Waals surface area contributed by atoms with Crippen molar-refractivity contribution in [2.45, 2.75) is 39.0 Å². The second-order valence-electron chi connectivity index (χ2n) is 4.58. The summed E-state index contributed by atoms with van der Waals surface area (Å²) in [5.41, 5.74) is 2.02. The highest BCUT2D eigenvalue weighted by molar-refractivity contribution is 5.98. The third-order valence-electron chi connectivity index (χ3n) is 2.95. The number of hydrogen-bond donors (Lipinski definition) is 1. The van der Waals surface area contributed by atoms with Crippen LogP contribution in [-0.2, 0) is 0 Å². The fourth-order valence-corrected chi connectivity index (χ4v) is 1.88. The van der Waals surface area contributed by atoms with Crippen molar-refractivity contribution in [3.05, 3.63) is 23.8 Å². The van der Waals surface area contributed by atoms with E-state index in [4.69, 9.17) is 5.41 Å². The topological polar surface area (TPSA) is 27.1 Å². The van der Waals surface area contributed by atoms with E-state index in [1.165, 1.54) is 18.4 Å². The maximum absolute atomic E-state index is 8.02. The molecule has 0 amide bonds. The van der Waals surface area contributed by atoms with Crippen molar-refractivity contribution in [3.63, 3.8) is 0 Å². The number of nitrogens with zero attached hydrogens (tertiary/aromatic N) is 1. The monoisotopic (exact) mass is 220 g/mol. The summed E-state index contributed by atoms with van der Waals surface area (Å²) < 4.78 is 0. The molecule has 2 nitrogen and oxygen atoms in total. The molecule has 1 aliphatic rings. The third kappa shape index (κ3) is 4.75. The molecule has 0 atom stereocenters. The van der Waals surface area contributed by atoms with E-state index in [-0.39, 0.29) is 0 Å². The van der Waals surface area contributed by atoms with Crippen molar-refractivity contribution in [3.8, 4) is 0 Å². The Morgan fingerprint density at radius 2 is 2.25 bits per heavy atom. The normalized spacial score (nSPS) is 20.4. The van der Waals surface area contributed by atoms with Gasteiger partial charge in [-0.15, -0.1) is 0 Å². The van der Waals surface area contributed by atoms with Crippen LogP contribution in [0.4, 0.5) is 0 Å². The van der Waals surface area contributed by atoms with Gasteiger partial charge >= 0.3 is 0 Å². The molecule has 0 radical (unpaired) electrons. The van der Waals surface area contributed by atoms with Crippen LogP contribution in [0.1, 0.15) is 39.0 Å². The summed E-state index contributed by atoms with van der Waals surface area (Å²) in [6.07, 6.45) is 12.1. The number of rotatable bonds is 5. The van der Waals surface area contributed by atoms with Gasteiger partial charge in [0.2, 0.25) is 0 Å². The summed E-state index contributed by atoms with van der Waals surface area (Å²) in [6, 6.07) is 0. The second-order valence-corrected chi connectivity index (χ2v) is 4.58. The minimum atomic E-state index is 0.827. The van der Waals surface area contributed by atoms with Crippen molar-refractivity contribution >= 4 is 5.71 Å². The Morgan fingerprint density at radius 1 is 1.44 bits per heavy atom. The van der Waals surface area contributed by atoms with Gasteiger partial charge in [-0.2, -0.15) is 0 Å². The summed E-state index contributed by atoms with van der Waals surface area (Å²) in [7, 11) is 2.15. The molecule has 0 aromatic heterocycles. The van der Waals surface area contributed by atoms with Crippen LogP contribution in [-0.4, -0.2) is 30.7 Å². The van der Waals surface area contributed by atoms with Crippen LogP contribution in [0.2, 0.25) is 0 Å². The lowest BCUT2D eigenvalue weighted by atomic mass is 10.0. The quantitative estimate of drug-likeness (QED) is 0.755. The predicted molar refractivity (Wildman–Crippen MR) is 71.2 cm³/mol.